The van der Waals surface area contributed by atoms with Crippen LogP contribution in [0.4, 0.5) is 0 Å². The standard InChI is InChI=1S/C49H32N2S2/c1-2-13-31(14-3-1)49-50-43-23-6-7-24-44(43)51(49)36-16-10-15-32(30-36)33-27-34(37-19-11-21-41-39-17-4-8-25-45(39)52-47(37)41)29-35(28-33)38-20-12-22-42-40-18-5-9-26-46(40)53-48(38)42/h1-2,4-13,15-30H,3,14H2. The van der Waals surface area contributed by atoms with Crippen LogP contribution in [0.2, 0.25) is 0 Å². The minimum Gasteiger partial charge on any atom is -0.293 e. The van der Waals surface area contributed by atoms with E-state index in [2.05, 4.69) is 174 Å². The number of rotatable bonds is 5. The zero-order chi connectivity index (χ0) is 34.9. The first-order valence-electron chi connectivity index (χ1n) is 18.2. The van der Waals surface area contributed by atoms with E-state index in [1.165, 1.54) is 79.3 Å². The highest BCUT2D eigenvalue weighted by atomic mass is 32.1. The molecule has 0 N–H and O–H groups in total. The number of aromatic nitrogens is 2. The van der Waals surface area contributed by atoms with Gasteiger partial charge in [0.2, 0.25) is 0 Å². The number of benzene rings is 7. The Balaban J connectivity index is 1.15. The second-order valence-electron chi connectivity index (χ2n) is 13.8. The summed E-state index contributed by atoms with van der Waals surface area (Å²) in [6.45, 7) is 0. The lowest BCUT2D eigenvalue weighted by Crippen LogP contribution is -2.02. The van der Waals surface area contributed by atoms with Gasteiger partial charge in [-0.2, -0.15) is 0 Å². The second kappa shape index (κ2) is 12.3. The normalized spacial score (nSPS) is 13.2. The van der Waals surface area contributed by atoms with Gasteiger partial charge in [-0.05, 0) is 106 Å². The molecule has 0 atom stereocenters. The molecule has 0 amide bonds. The Hall–Kier alpha value is -6.07. The SMILES string of the molecule is C1=CCCC(c2nc3ccccc3n2-c2cccc(-c3cc(-c4cccc5c4sc4ccccc45)cc(-c4cccc5c4sc4ccccc45)c3)c2)=C1. The molecule has 0 spiro atoms. The minimum atomic E-state index is 0.984. The van der Waals surface area contributed by atoms with Crippen LogP contribution in [0.15, 0.2) is 170 Å². The molecule has 0 fully saturated rings. The highest BCUT2D eigenvalue weighted by Crippen LogP contribution is 2.45. The molecule has 3 aromatic heterocycles. The lowest BCUT2D eigenvalue weighted by Gasteiger charge is -2.16. The molecule has 0 saturated carbocycles. The molecule has 3 heterocycles. The fourth-order valence-corrected chi connectivity index (χ4v) is 10.6. The third kappa shape index (κ3) is 5.02. The molecule has 53 heavy (non-hydrogen) atoms. The second-order valence-corrected chi connectivity index (χ2v) is 15.9. The Morgan fingerprint density at radius 2 is 1.11 bits per heavy atom. The number of nitrogens with zero attached hydrogens (tertiary/aromatic N) is 2. The van der Waals surface area contributed by atoms with Gasteiger partial charge in [0.05, 0.1) is 11.0 Å². The molecule has 0 bridgehead atoms. The summed E-state index contributed by atoms with van der Waals surface area (Å²) in [5, 5.41) is 5.27. The fourth-order valence-electron chi connectivity index (χ4n) is 8.17. The molecule has 0 radical (unpaired) electrons. The summed E-state index contributed by atoms with van der Waals surface area (Å²) in [6, 6.07) is 55.9. The Bertz CT molecular complexity index is 3000. The van der Waals surface area contributed by atoms with Crippen LogP contribution in [0.25, 0.3) is 96.0 Å². The maximum absolute atomic E-state index is 5.18. The van der Waals surface area contributed by atoms with Crippen molar-refractivity contribution in [2.24, 2.45) is 0 Å². The summed E-state index contributed by atoms with van der Waals surface area (Å²) < 4.78 is 7.65. The Kier molecular flexibility index (Phi) is 7.07. The van der Waals surface area contributed by atoms with Gasteiger partial charge in [-0.1, -0.05) is 115 Å². The van der Waals surface area contributed by atoms with Crippen molar-refractivity contribution in [3.63, 3.8) is 0 Å². The number of fused-ring (bicyclic) bond motifs is 7. The molecule has 0 aliphatic heterocycles. The number of hydrogen-bond donors (Lipinski definition) is 0. The zero-order valence-electron chi connectivity index (χ0n) is 28.8. The van der Waals surface area contributed by atoms with Crippen LogP contribution in [-0.2, 0) is 0 Å². The molecule has 1 aliphatic rings. The van der Waals surface area contributed by atoms with Crippen LogP contribution in [0, 0.1) is 0 Å². The first-order chi connectivity index (χ1) is 26.3. The van der Waals surface area contributed by atoms with E-state index in [4.69, 9.17) is 4.98 Å². The van der Waals surface area contributed by atoms with Gasteiger partial charge in [0, 0.05) is 46.0 Å². The number of hydrogen-bond acceptors (Lipinski definition) is 3. The Morgan fingerprint density at radius 1 is 0.509 bits per heavy atom. The molecule has 0 unspecified atom stereocenters. The number of para-hydroxylation sites is 2. The van der Waals surface area contributed by atoms with Crippen LogP contribution in [0.3, 0.4) is 0 Å². The molecule has 7 aromatic carbocycles. The van der Waals surface area contributed by atoms with Crippen LogP contribution in [-0.4, -0.2) is 9.55 Å². The van der Waals surface area contributed by atoms with Crippen LogP contribution in [0.5, 0.6) is 0 Å². The van der Waals surface area contributed by atoms with E-state index in [-0.39, 0.29) is 0 Å². The molecule has 11 rings (SSSR count). The quantitative estimate of drug-likeness (QED) is 0.174. The van der Waals surface area contributed by atoms with Crippen LogP contribution in [0.1, 0.15) is 18.7 Å². The molecular weight excluding hydrogens is 681 g/mol. The molecular formula is C49H32N2S2. The zero-order valence-corrected chi connectivity index (χ0v) is 30.4. The van der Waals surface area contributed by atoms with Crippen molar-refractivity contribution in [1.82, 2.24) is 9.55 Å². The average Bonchev–Trinajstić information content (AvgIpc) is 3.93. The number of thiophene rings is 2. The Morgan fingerprint density at radius 3 is 1.79 bits per heavy atom. The van der Waals surface area contributed by atoms with E-state index in [0.29, 0.717) is 0 Å². The van der Waals surface area contributed by atoms with E-state index in [1.54, 1.807) is 0 Å². The summed E-state index contributed by atoms with van der Waals surface area (Å²) in [5.74, 6) is 1.02. The highest BCUT2D eigenvalue weighted by molar-refractivity contribution is 7.26. The summed E-state index contributed by atoms with van der Waals surface area (Å²) in [4.78, 5) is 5.18. The lowest BCUT2D eigenvalue weighted by atomic mass is 9.92. The summed E-state index contributed by atoms with van der Waals surface area (Å²) in [7, 11) is 0. The number of allylic oxidation sites excluding steroid dienone is 4. The monoisotopic (exact) mass is 712 g/mol. The Labute approximate surface area is 315 Å². The van der Waals surface area contributed by atoms with Crippen molar-refractivity contribution >= 4 is 79.6 Å². The predicted octanol–water partition coefficient (Wildman–Crippen LogP) is 14.5. The van der Waals surface area contributed by atoms with Crippen molar-refractivity contribution in [2.75, 3.05) is 0 Å². The molecule has 4 heteroatoms. The molecule has 1 aliphatic carbocycles. The van der Waals surface area contributed by atoms with Gasteiger partial charge in [-0.3, -0.25) is 4.57 Å². The van der Waals surface area contributed by atoms with Crippen LogP contribution < -0.4 is 0 Å². The molecule has 250 valence electrons. The van der Waals surface area contributed by atoms with Crippen molar-refractivity contribution in [3.8, 4) is 39.1 Å². The van der Waals surface area contributed by atoms with Crippen molar-refractivity contribution in [3.05, 3.63) is 176 Å². The van der Waals surface area contributed by atoms with Crippen LogP contribution >= 0.6 is 22.7 Å². The first-order valence-corrected chi connectivity index (χ1v) is 19.8. The van der Waals surface area contributed by atoms with Crippen molar-refractivity contribution in [1.29, 1.82) is 0 Å². The van der Waals surface area contributed by atoms with E-state index in [0.717, 1.165) is 35.4 Å². The van der Waals surface area contributed by atoms with E-state index in [1.807, 2.05) is 22.7 Å². The van der Waals surface area contributed by atoms with Crippen molar-refractivity contribution in [2.45, 2.75) is 12.8 Å². The summed E-state index contributed by atoms with van der Waals surface area (Å²) in [5.41, 5.74) is 11.9. The fraction of sp³-hybridized carbons (Fsp3) is 0.0408. The van der Waals surface area contributed by atoms with Gasteiger partial charge < -0.3 is 0 Å². The molecule has 0 saturated heterocycles. The predicted molar refractivity (Wildman–Crippen MR) is 230 cm³/mol. The maximum Gasteiger partial charge on any atom is 0.141 e. The topological polar surface area (TPSA) is 17.8 Å². The van der Waals surface area contributed by atoms with E-state index >= 15 is 0 Å². The van der Waals surface area contributed by atoms with Gasteiger partial charge in [0.1, 0.15) is 5.82 Å². The van der Waals surface area contributed by atoms with Gasteiger partial charge in [-0.25, -0.2) is 4.98 Å². The largest absolute Gasteiger partial charge is 0.293 e. The first kappa shape index (κ1) is 30.5. The minimum absolute atomic E-state index is 0.984. The summed E-state index contributed by atoms with van der Waals surface area (Å²) >= 11 is 3.78. The lowest BCUT2D eigenvalue weighted by molar-refractivity contribution is 0.982. The van der Waals surface area contributed by atoms with Crippen molar-refractivity contribution < 1.29 is 0 Å². The number of imidazole rings is 1. The highest BCUT2D eigenvalue weighted by Gasteiger charge is 2.19. The van der Waals surface area contributed by atoms with E-state index in [9.17, 15) is 0 Å². The average molecular weight is 713 g/mol. The van der Waals surface area contributed by atoms with Gasteiger partial charge >= 0.3 is 0 Å². The molecule has 10 aromatic rings. The van der Waals surface area contributed by atoms with Gasteiger partial charge in [0.25, 0.3) is 0 Å². The van der Waals surface area contributed by atoms with Gasteiger partial charge in [0.15, 0.2) is 0 Å². The van der Waals surface area contributed by atoms with Gasteiger partial charge in [-0.15, -0.1) is 22.7 Å². The third-order valence-electron chi connectivity index (χ3n) is 10.7. The molecule has 2 nitrogen and oxygen atoms in total. The third-order valence-corrected chi connectivity index (χ3v) is 13.1. The smallest absolute Gasteiger partial charge is 0.141 e. The summed E-state index contributed by atoms with van der Waals surface area (Å²) in [6.07, 6.45) is 8.64. The van der Waals surface area contributed by atoms with E-state index < -0.39 is 0 Å². The maximum atomic E-state index is 5.18.